The van der Waals surface area contributed by atoms with E-state index >= 15 is 0 Å². The van der Waals surface area contributed by atoms with E-state index in [1.165, 1.54) is 20.2 Å². The molecule has 84 heavy (non-hydrogen) atoms. The lowest BCUT2D eigenvalue weighted by atomic mass is 9.73. The van der Waals surface area contributed by atoms with Gasteiger partial charge in [0.05, 0.1) is 59.7 Å². The molecule has 0 radical (unpaired) electrons. The fraction of sp³-hybridized carbons (Fsp3) is 0.787. The van der Waals surface area contributed by atoms with E-state index in [2.05, 4.69) is 29.2 Å². The summed E-state index contributed by atoms with van der Waals surface area (Å²) in [6.45, 7) is 24.5. The van der Waals surface area contributed by atoms with Crippen molar-refractivity contribution in [3.8, 4) is 0 Å². The molecule has 5 rings (SSSR count). The lowest BCUT2D eigenvalue weighted by Gasteiger charge is -2.49. The molecule has 0 bridgehead atoms. The van der Waals surface area contributed by atoms with E-state index in [1.54, 1.807) is 84.4 Å². The first-order valence-electron chi connectivity index (χ1n) is 30.1. The van der Waals surface area contributed by atoms with Gasteiger partial charge in [0.1, 0.15) is 35.6 Å². The minimum atomic E-state index is -2.00. The number of carbonyl (C=O) groups excluding carboxylic acids is 2. The van der Waals surface area contributed by atoms with Crippen molar-refractivity contribution >= 4 is 34.5 Å². The van der Waals surface area contributed by atoms with Gasteiger partial charge in [0.2, 0.25) is 5.43 Å². The summed E-state index contributed by atoms with van der Waals surface area (Å²) in [5.41, 5.74) is -4.06. The maximum absolute atomic E-state index is 14.8. The summed E-state index contributed by atoms with van der Waals surface area (Å²) in [5, 5.41) is 68.9. The molecule has 0 unspecified atom stereocenters. The Kier molecular flexibility index (Phi) is 25.6. The van der Waals surface area contributed by atoms with Gasteiger partial charge in [-0.2, -0.15) is 0 Å². The van der Waals surface area contributed by atoms with E-state index in [9.17, 15) is 44.7 Å². The van der Waals surface area contributed by atoms with Crippen molar-refractivity contribution in [3.05, 3.63) is 45.7 Å². The second-order valence-electron chi connectivity index (χ2n) is 24.7. The molecule has 0 aliphatic carbocycles. The maximum Gasteiger partial charge on any atom is 0.341 e. The number of fused-ring (bicyclic) bond motifs is 1. The number of aromatic nitrogens is 1. The summed E-state index contributed by atoms with van der Waals surface area (Å²) < 4.78 is 46.8. The number of cyclic esters (lactones) is 1. The number of pyridine rings is 1. The number of rotatable bonds is 23. The number of ether oxygens (including phenoxy) is 7. The Labute approximate surface area is 497 Å². The number of nitrogens with one attached hydrogen (secondary N) is 1. The number of hydrogen-bond acceptors (Lipinski definition) is 21. The second-order valence-corrected chi connectivity index (χ2v) is 24.7. The van der Waals surface area contributed by atoms with Crippen molar-refractivity contribution in [2.45, 2.75) is 212 Å². The van der Waals surface area contributed by atoms with Gasteiger partial charge in [0, 0.05) is 76.1 Å². The van der Waals surface area contributed by atoms with Crippen LogP contribution >= 0.6 is 0 Å². The molecule has 0 saturated carbocycles. The summed E-state index contributed by atoms with van der Waals surface area (Å²) in [5.74, 6) is -6.10. The normalized spacial score (nSPS) is 35.2. The Morgan fingerprint density at radius 1 is 0.905 bits per heavy atom. The van der Waals surface area contributed by atoms with Crippen LogP contribution in [0.2, 0.25) is 0 Å². The number of aliphatic hydroxyl groups excluding tert-OH is 2. The lowest BCUT2D eigenvalue weighted by molar-refractivity contribution is -0.318. The molecule has 478 valence electrons. The van der Waals surface area contributed by atoms with Crippen LogP contribution in [0, 0.1) is 23.7 Å². The molecule has 6 N–H and O–H groups in total. The predicted molar refractivity (Wildman–Crippen MR) is 317 cm³/mol. The minimum Gasteiger partial charge on any atom is -0.477 e. The quantitative estimate of drug-likeness (QED) is 0.0514. The van der Waals surface area contributed by atoms with Crippen molar-refractivity contribution in [2.24, 2.45) is 28.8 Å². The van der Waals surface area contributed by atoms with Gasteiger partial charge >= 0.3 is 17.9 Å². The van der Waals surface area contributed by atoms with Gasteiger partial charge in [-0.15, -0.1) is 0 Å². The number of aryl methyl sites for hydroxylation is 1. The average molecular weight is 1190 g/mol. The molecule has 0 amide bonds. The van der Waals surface area contributed by atoms with Crippen LogP contribution in [-0.4, -0.2) is 223 Å². The maximum atomic E-state index is 14.8. The Morgan fingerprint density at radius 3 is 2.19 bits per heavy atom. The van der Waals surface area contributed by atoms with Crippen molar-refractivity contribution in [1.82, 2.24) is 19.8 Å². The number of carboxylic acid groups (broad SMARTS) is 1. The fourth-order valence-electron chi connectivity index (χ4n) is 12.6. The summed E-state index contributed by atoms with van der Waals surface area (Å²) in [4.78, 5) is 63.3. The van der Waals surface area contributed by atoms with Crippen LogP contribution < -0.4 is 15.8 Å². The Bertz CT molecular complexity index is 2560. The van der Waals surface area contributed by atoms with E-state index in [-0.39, 0.29) is 50.0 Å². The number of methoxy groups -OCH3 is 1. The topological polar surface area (TPSA) is 282 Å². The Balaban J connectivity index is 1.39. The van der Waals surface area contributed by atoms with Gasteiger partial charge in [-0.1, -0.05) is 52.8 Å². The third-order valence-electron chi connectivity index (χ3n) is 17.7. The second kappa shape index (κ2) is 30.5. The third kappa shape index (κ3) is 17.0. The summed E-state index contributed by atoms with van der Waals surface area (Å²) in [6.07, 6.45) is -7.49. The highest BCUT2D eigenvalue weighted by atomic mass is 16.7. The highest BCUT2D eigenvalue weighted by molar-refractivity contribution is 5.93. The predicted octanol–water partition coefficient (Wildman–Crippen LogP) is 4.31. The number of nitrogens with zero attached hydrogens (tertiary/aromatic N) is 5. The smallest absolute Gasteiger partial charge is 0.341 e. The first-order valence-corrected chi connectivity index (χ1v) is 30.1. The first kappa shape index (κ1) is 70.4. The molecule has 23 heteroatoms. The van der Waals surface area contributed by atoms with Gasteiger partial charge in [-0.25, -0.2) is 4.79 Å². The number of carboxylic acids is 1. The fourth-order valence-corrected chi connectivity index (χ4v) is 12.6. The molecule has 0 spiro atoms. The van der Waals surface area contributed by atoms with Gasteiger partial charge in [0.15, 0.2) is 18.7 Å². The molecule has 3 aliphatic rings. The minimum absolute atomic E-state index is 0.0142. The molecule has 23 nitrogen and oxygen atoms in total. The number of benzene rings is 1. The summed E-state index contributed by atoms with van der Waals surface area (Å²) in [7, 11) is 8.74. The zero-order valence-electron chi connectivity index (χ0n) is 53.0. The molecular weight excluding hydrogens is 1090 g/mol. The highest BCUT2D eigenvalue weighted by Crippen LogP contribution is 2.42. The Morgan fingerprint density at radius 2 is 1.58 bits per heavy atom. The molecule has 4 heterocycles. The van der Waals surface area contributed by atoms with E-state index < -0.39 is 119 Å². The van der Waals surface area contributed by atoms with Crippen molar-refractivity contribution in [1.29, 1.82) is 0 Å². The van der Waals surface area contributed by atoms with Gasteiger partial charge in [-0.05, 0) is 125 Å². The molecule has 3 fully saturated rings. The van der Waals surface area contributed by atoms with Gasteiger partial charge < -0.3 is 83.7 Å². The SMILES string of the molecule is CC[C@H]1OC(=O)[C@H](C)[C@@H](O[C@H]2C[C@@](C)(OC)[C@@H](OC(=O)CCNCCCc3ccc4c(c3)c(=O)c(C(=O)O)cn4N(C)C)[C@H](C)O2)[C@H](C)[C@@H](O[C@@H]2O[C@H](C)C[C@H](N(C)C)[C@H]2O)[C@](C)(O)C[C@@H](C)/C(=N\OCCN(CC)CC)[C@H](C)[C@@H](O)[C@]1(C)O. The average Bonchev–Trinajstić information content (AvgIpc) is 2.25. The molecule has 2 aromatic rings. The Hall–Kier alpha value is -4.37. The monoisotopic (exact) mass is 1190 g/mol. The van der Waals surface area contributed by atoms with E-state index in [0.717, 1.165) is 18.7 Å². The number of oxime groups is 1. The van der Waals surface area contributed by atoms with Crippen molar-refractivity contribution < 1.29 is 77.9 Å². The zero-order chi connectivity index (χ0) is 62.8. The lowest BCUT2D eigenvalue weighted by Crippen LogP contribution is -2.61. The number of likely N-dealkylation sites (N-methyl/N-ethyl adjacent to an activating group) is 2. The van der Waals surface area contributed by atoms with Crippen LogP contribution in [-0.2, 0) is 54.0 Å². The summed E-state index contributed by atoms with van der Waals surface area (Å²) >= 11 is 0. The van der Waals surface area contributed by atoms with E-state index in [4.69, 9.17) is 38.0 Å². The van der Waals surface area contributed by atoms with Crippen molar-refractivity contribution in [3.63, 3.8) is 0 Å². The third-order valence-corrected chi connectivity index (χ3v) is 17.7. The molecule has 1 aromatic carbocycles. The number of aromatic carboxylic acids is 1. The van der Waals surface area contributed by atoms with Crippen LogP contribution in [0.3, 0.4) is 0 Å². The molecule has 3 aliphatic heterocycles. The number of esters is 2. The summed E-state index contributed by atoms with van der Waals surface area (Å²) in [6, 6.07) is 5.07. The van der Waals surface area contributed by atoms with Crippen LogP contribution in [0.1, 0.15) is 138 Å². The van der Waals surface area contributed by atoms with Gasteiger partial charge in [-0.3, -0.25) is 19.1 Å². The molecule has 1 aromatic heterocycles. The van der Waals surface area contributed by atoms with Gasteiger partial charge in [0.25, 0.3) is 0 Å². The van der Waals surface area contributed by atoms with Crippen molar-refractivity contribution in [2.75, 3.05) is 79.6 Å². The number of hydrogen-bond donors (Lipinski definition) is 6. The van der Waals surface area contributed by atoms with Crippen LogP contribution in [0.5, 0.6) is 0 Å². The van der Waals surface area contributed by atoms with Crippen LogP contribution in [0.15, 0.2) is 34.3 Å². The molecule has 3 saturated heterocycles. The van der Waals surface area contributed by atoms with E-state index in [0.29, 0.717) is 55.5 Å². The van der Waals surface area contributed by atoms with Crippen LogP contribution in [0.25, 0.3) is 10.9 Å². The zero-order valence-corrected chi connectivity index (χ0v) is 53.0. The van der Waals surface area contributed by atoms with Crippen LogP contribution in [0.4, 0.5) is 0 Å². The number of carbonyl (C=O) groups is 3. The first-order chi connectivity index (χ1) is 39.4. The largest absolute Gasteiger partial charge is 0.477 e. The highest BCUT2D eigenvalue weighted by Gasteiger charge is 2.54. The van der Waals surface area contributed by atoms with E-state index in [1.807, 2.05) is 38.9 Å². The standard InChI is InChI=1S/C61H102N6O17/c1-18-46-61(12,76)53(71)37(6)49(63-78-29-28-66(19-2)20-3)35(4)32-59(10,75)54(84-58-51(70)45(64(13)14)30-36(5)79-58)38(7)52(39(8)57(74)81-46)83-48-33-60(11,77-17)55(40(9)80-48)82-47(68)25-27-62-26-21-22-41-23-24-44-42(31-41)50(69)43(56(72)73)34-67(44)65(15)16/h23-24,31,34-40,45-46,48,51-55,58,62,70-71,75-76H,18-22,25-30,32-33H2,1-17H3,(H,72,73)/b63-49+/t35-,36-,37+,38+,39-,40+,45+,46-,48+,51-,52+,53-,54-,55+,58+,59-,60-,61-/m1/s1. The molecule has 18 atom stereocenters. The molecular formula is C61H102N6O17. The number of aliphatic hydroxyl groups is 4.